The van der Waals surface area contributed by atoms with E-state index in [1.165, 1.54) is 26.0 Å². The van der Waals surface area contributed by atoms with Gasteiger partial charge in [0.05, 0.1) is 11.5 Å². The summed E-state index contributed by atoms with van der Waals surface area (Å²) in [6.07, 6.45) is -2.18. The molecule has 15 heteroatoms. The second-order valence-electron chi connectivity index (χ2n) is 7.83. The van der Waals surface area contributed by atoms with Gasteiger partial charge in [0, 0.05) is 0 Å². The van der Waals surface area contributed by atoms with E-state index < -0.39 is 68.0 Å². The molecule has 0 amide bonds. The second-order valence-corrected chi connectivity index (χ2v) is 12.1. The van der Waals surface area contributed by atoms with Crippen molar-refractivity contribution in [1.29, 1.82) is 0 Å². The lowest BCUT2D eigenvalue weighted by Gasteiger charge is -2.41. The summed E-state index contributed by atoms with van der Waals surface area (Å²) in [5.74, 6) is -3.12. The monoisotopic (exact) mass is 498 g/mol. The van der Waals surface area contributed by atoms with Gasteiger partial charge in [0.2, 0.25) is 5.79 Å². The number of aryl methyl sites for hydroxylation is 1. The largest absolute Gasteiger partial charge is 0.343 e. The van der Waals surface area contributed by atoms with Crippen molar-refractivity contribution in [2.45, 2.75) is 55.5 Å². The van der Waals surface area contributed by atoms with Crippen molar-refractivity contribution < 1.29 is 43.6 Å². The molecule has 31 heavy (non-hydrogen) atoms. The third kappa shape index (κ3) is 4.19. The van der Waals surface area contributed by atoms with Gasteiger partial charge >= 0.3 is 10.3 Å². The van der Waals surface area contributed by atoms with E-state index in [0.29, 0.717) is 3.71 Å². The number of rotatable bonds is 5. The van der Waals surface area contributed by atoms with Crippen LogP contribution in [-0.4, -0.2) is 67.8 Å². The molecule has 5 atom stereocenters. The van der Waals surface area contributed by atoms with Gasteiger partial charge in [-0.3, -0.25) is 8.37 Å². The number of benzene rings is 1. The van der Waals surface area contributed by atoms with E-state index in [1.54, 1.807) is 19.1 Å². The zero-order valence-corrected chi connectivity index (χ0v) is 19.2. The zero-order valence-electron chi connectivity index (χ0n) is 16.8. The Morgan fingerprint density at radius 3 is 2.48 bits per heavy atom. The molecule has 0 bridgehead atoms. The Morgan fingerprint density at radius 2 is 1.87 bits per heavy atom. The fourth-order valence-corrected chi connectivity index (χ4v) is 7.30. The van der Waals surface area contributed by atoms with Crippen LogP contribution >= 0.6 is 0 Å². The summed E-state index contributed by atoms with van der Waals surface area (Å²) in [4.78, 5) is -0.0910. The van der Waals surface area contributed by atoms with E-state index >= 15 is 0 Å². The Balaban J connectivity index is 1.75. The number of nitrogens with zero attached hydrogens (tertiary/aromatic N) is 1. The Labute approximate surface area is 182 Å². The molecule has 3 saturated heterocycles. The molecule has 3 aliphatic rings. The van der Waals surface area contributed by atoms with Crippen molar-refractivity contribution in [3.05, 3.63) is 29.8 Å². The summed E-state index contributed by atoms with van der Waals surface area (Å²) in [6, 6.07) is 4.85. The predicted octanol–water partition coefficient (Wildman–Crippen LogP) is -0.570. The number of hydrogen-bond donors (Lipinski definition) is 1. The lowest BCUT2D eigenvalue weighted by Crippen LogP contribution is -2.64. The zero-order chi connectivity index (χ0) is 22.8. The van der Waals surface area contributed by atoms with Crippen LogP contribution in [0.2, 0.25) is 0 Å². The lowest BCUT2D eigenvalue weighted by molar-refractivity contribution is -0.286. The first-order chi connectivity index (χ1) is 14.2. The molecule has 0 spiro atoms. The highest BCUT2D eigenvalue weighted by Gasteiger charge is 2.68. The van der Waals surface area contributed by atoms with Gasteiger partial charge in [-0.25, -0.2) is 17.8 Å². The standard InChI is InChI=1S/C16H22N2O10S3/c1-10-4-6-11(7-5-10)30(20,21)18-13-12(27-29(18)19)8-24-16(9-25-31(17,22)23)14(13)26-15(2,3)28-16/h4-7,12-14H,8-9H2,1-3H3,(H2,17,22,23)/t12?,13?,14-,16-,29?/m0/s1. The van der Waals surface area contributed by atoms with Crippen LogP contribution in [0.5, 0.6) is 0 Å². The van der Waals surface area contributed by atoms with Crippen LogP contribution < -0.4 is 5.14 Å². The molecule has 4 rings (SSSR count). The topological polar surface area (TPSA) is 161 Å². The van der Waals surface area contributed by atoms with Crippen molar-refractivity contribution in [1.82, 2.24) is 3.71 Å². The van der Waals surface area contributed by atoms with Crippen molar-refractivity contribution in [3.8, 4) is 0 Å². The molecule has 1 aromatic rings. The Morgan fingerprint density at radius 1 is 1.23 bits per heavy atom. The fourth-order valence-electron chi connectivity index (χ4n) is 3.80. The summed E-state index contributed by atoms with van der Waals surface area (Å²) in [7, 11) is -8.65. The first-order valence-electron chi connectivity index (χ1n) is 9.13. The molecule has 0 saturated carbocycles. The summed E-state index contributed by atoms with van der Waals surface area (Å²) in [5, 5.41) is 4.93. The second kappa shape index (κ2) is 7.51. The van der Waals surface area contributed by atoms with Crippen LogP contribution in [0.25, 0.3) is 0 Å². The average Bonchev–Trinajstić information content (AvgIpc) is 3.12. The Hall–Kier alpha value is -1.01. The molecule has 1 aromatic carbocycles. The van der Waals surface area contributed by atoms with Crippen LogP contribution in [0.15, 0.2) is 29.2 Å². The van der Waals surface area contributed by atoms with Crippen LogP contribution in [0.1, 0.15) is 19.4 Å². The van der Waals surface area contributed by atoms with Gasteiger partial charge in [0.15, 0.2) is 5.79 Å². The van der Waals surface area contributed by atoms with Gasteiger partial charge in [-0.15, -0.1) is 0 Å². The smallest absolute Gasteiger partial charge is 0.333 e. The van der Waals surface area contributed by atoms with Gasteiger partial charge in [-0.2, -0.15) is 8.42 Å². The van der Waals surface area contributed by atoms with E-state index in [9.17, 15) is 21.0 Å². The van der Waals surface area contributed by atoms with Gasteiger partial charge in [-0.1, -0.05) is 21.4 Å². The van der Waals surface area contributed by atoms with Crippen LogP contribution in [0.4, 0.5) is 0 Å². The van der Waals surface area contributed by atoms with Crippen LogP contribution in [0, 0.1) is 6.92 Å². The highest BCUT2D eigenvalue weighted by Crippen LogP contribution is 2.48. The van der Waals surface area contributed by atoms with E-state index in [-0.39, 0.29) is 11.5 Å². The van der Waals surface area contributed by atoms with Crippen molar-refractivity contribution >= 4 is 31.6 Å². The van der Waals surface area contributed by atoms with Gasteiger partial charge < -0.3 is 14.2 Å². The van der Waals surface area contributed by atoms with Crippen LogP contribution in [-0.2, 0) is 54.2 Å². The molecule has 3 fully saturated rings. The van der Waals surface area contributed by atoms with E-state index in [2.05, 4.69) is 0 Å². The quantitative estimate of drug-likeness (QED) is 0.556. The highest BCUT2D eigenvalue weighted by atomic mass is 32.3. The molecular weight excluding hydrogens is 476 g/mol. The number of sulfonamides is 1. The van der Waals surface area contributed by atoms with Gasteiger partial charge in [0.1, 0.15) is 24.9 Å². The predicted molar refractivity (Wildman–Crippen MR) is 105 cm³/mol. The molecule has 174 valence electrons. The molecule has 0 aliphatic carbocycles. The summed E-state index contributed by atoms with van der Waals surface area (Å²) in [6.45, 7) is 3.92. The molecule has 2 N–H and O–H groups in total. The molecule has 12 nitrogen and oxygen atoms in total. The Kier molecular flexibility index (Phi) is 5.61. The SMILES string of the molecule is Cc1ccc(S(=O)(=O)N2C3C(CO[C@@]4(COS(N)(=O)=O)OC(C)(C)O[C@@H]34)OS2=O)cc1. The molecule has 0 radical (unpaired) electrons. The van der Waals surface area contributed by atoms with Gasteiger partial charge in [0.25, 0.3) is 21.3 Å². The maximum Gasteiger partial charge on any atom is 0.333 e. The minimum atomic E-state index is -4.37. The first-order valence-corrected chi connectivity index (χ1v) is 13.1. The highest BCUT2D eigenvalue weighted by molar-refractivity contribution is 7.99. The normalized spacial score (nSPS) is 35.6. The van der Waals surface area contributed by atoms with Crippen LogP contribution in [0.3, 0.4) is 0 Å². The third-order valence-corrected chi connectivity index (χ3v) is 8.96. The molecular formula is C16H22N2O10S3. The first kappa shape index (κ1) is 23.2. The summed E-state index contributed by atoms with van der Waals surface area (Å²) >= 11 is -2.38. The average molecular weight is 499 g/mol. The van der Waals surface area contributed by atoms with Crippen molar-refractivity contribution in [2.24, 2.45) is 5.14 Å². The third-order valence-electron chi connectivity index (χ3n) is 5.02. The number of nitrogens with two attached hydrogens (primary N) is 1. The van der Waals surface area contributed by atoms with Gasteiger partial charge in [-0.05, 0) is 32.9 Å². The Bertz CT molecular complexity index is 1100. The molecule has 3 aliphatic heterocycles. The molecule has 3 heterocycles. The maximum absolute atomic E-state index is 13.4. The maximum atomic E-state index is 13.4. The molecule has 3 unspecified atom stereocenters. The summed E-state index contributed by atoms with van der Waals surface area (Å²) in [5.41, 5.74) is 0.843. The van der Waals surface area contributed by atoms with E-state index in [4.69, 9.17) is 27.7 Å². The van der Waals surface area contributed by atoms with E-state index in [0.717, 1.165) is 5.56 Å². The summed E-state index contributed by atoms with van der Waals surface area (Å²) < 4.78 is 90.3. The minimum Gasteiger partial charge on any atom is -0.343 e. The fraction of sp³-hybridized carbons (Fsp3) is 0.625. The van der Waals surface area contributed by atoms with Crippen molar-refractivity contribution in [3.63, 3.8) is 0 Å². The number of hydrogen-bond acceptors (Lipinski definition) is 10. The minimum absolute atomic E-state index is 0.0910. The van der Waals surface area contributed by atoms with E-state index in [1.807, 2.05) is 0 Å². The van der Waals surface area contributed by atoms with Crippen molar-refractivity contribution in [2.75, 3.05) is 13.2 Å². The molecule has 0 aromatic heterocycles. The lowest BCUT2D eigenvalue weighted by atomic mass is 9.96. The number of ether oxygens (including phenoxy) is 3. The number of fused-ring (bicyclic) bond motifs is 3.